The molecule has 4 rings (SSSR count). The lowest BCUT2D eigenvalue weighted by atomic mass is 10.1. The minimum Gasteiger partial charge on any atom is -0.496 e. The van der Waals surface area contributed by atoms with E-state index in [1.165, 1.54) is 15.8 Å². The molecule has 5 nitrogen and oxygen atoms in total. The smallest absolute Gasteiger partial charge is 0.227 e. The van der Waals surface area contributed by atoms with E-state index in [9.17, 15) is 4.79 Å². The number of ether oxygens (including phenoxy) is 1. The van der Waals surface area contributed by atoms with Gasteiger partial charge in [0.1, 0.15) is 5.75 Å². The zero-order chi connectivity index (χ0) is 20.5. The van der Waals surface area contributed by atoms with E-state index in [1.807, 2.05) is 30.0 Å². The van der Waals surface area contributed by atoms with Crippen LogP contribution in [0.2, 0.25) is 0 Å². The minimum absolute atomic E-state index is 0.185. The molecule has 0 spiro atoms. The number of methoxy groups -OCH3 is 1. The molecule has 1 saturated heterocycles. The normalized spacial score (nSPS) is 14.5. The second-order valence-corrected chi connectivity index (χ2v) is 8.75. The van der Waals surface area contributed by atoms with Gasteiger partial charge in [0.25, 0.3) is 0 Å². The van der Waals surface area contributed by atoms with Crippen LogP contribution in [0.25, 0.3) is 10.2 Å². The summed E-state index contributed by atoms with van der Waals surface area (Å²) in [5, 5.41) is 1.06. The van der Waals surface area contributed by atoms with Gasteiger partial charge in [0.15, 0.2) is 5.13 Å². The van der Waals surface area contributed by atoms with Gasteiger partial charge in [0.2, 0.25) is 5.91 Å². The van der Waals surface area contributed by atoms with Gasteiger partial charge in [-0.2, -0.15) is 0 Å². The standard InChI is InChI=1S/C23H27N3O2S/c1-15-11-17(3)22-19(12-15)24-23(29-22)26-9-7-25(8-10-26)21(27)14-18-5-6-20(28-4)16(2)13-18/h5-6,11-13H,7-10,14H2,1-4H3. The van der Waals surface area contributed by atoms with Gasteiger partial charge in [-0.3, -0.25) is 4.79 Å². The van der Waals surface area contributed by atoms with E-state index in [4.69, 9.17) is 9.72 Å². The lowest BCUT2D eigenvalue weighted by Crippen LogP contribution is -2.49. The maximum atomic E-state index is 12.8. The molecule has 6 heteroatoms. The Morgan fingerprint density at radius 2 is 1.83 bits per heavy atom. The predicted molar refractivity (Wildman–Crippen MR) is 119 cm³/mol. The Kier molecular flexibility index (Phi) is 5.46. The Balaban J connectivity index is 1.39. The molecular weight excluding hydrogens is 382 g/mol. The molecule has 2 aromatic carbocycles. The van der Waals surface area contributed by atoms with Crippen LogP contribution in [0, 0.1) is 20.8 Å². The van der Waals surface area contributed by atoms with Crippen molar-refractivity contribution < 1.29 is 9.53 Å². The summed E-state index contributed by atoms with van der Waals surface area (Å²) in [7, 11) is 1.67. The van der Waals surface area contributed by atoms with Gasteiger partial charge < -0.3 is 14.5 Å². The van der Waals surface area contributed by atoms with Crippen LogP contribution in [-0.2, 0) is 11.2 Å². The summed E-state index contributed by atoms with van der Waals surface area (Å²) < 4.78 is 6.57. The third kappa shape index (κ3) is 4.08. The molecule has 0 bridgehead atoms. The lowest BCUT2D eigenvalue weighted by molar-refractivity contribution is -0.130. The van der Waals surface area contributed by atoms with E-state index >= 15 is 0 Å². The van der Waals surface area contributed by atoms with Gasteiger partial charge in [-0.15, -0.1) is 0 Å². The number of thiazole rings is 1. The van der Waals surface area contributed by atoms with Crippen molar-refractivity contribution in [1.29, 1.82) is 0 Å². The van der Waals surface area contributed by atoms with Crippen LogP contribution < -0.4 is 9.64 Å². The number of aromatic nitrogens is 1. The Hall–Kier alpha value is -2.60. The average molecular weight is 410 g/mol. The van der Waals surface area contributed by atoms with Gasteiger partial charge >= 0.3 is 0 Å². The van der Waals surface area contributed by atoms with E-state index in [-0.39, 0.29) is 5.91 Å². The second-order valence-electron chi connectivity index (χ2n) is 7.78. The largest absolute Gasteiger partial charge is 0.496 e. The first-order chi connectivity index (χ1) is 13.9. The number of nitrogens with zero attached hydrogens (tertiary/aromatic N) is 3. The van der Waals surface area contributed by atoms with E-state index in [1.54, 1.807) is 18.4 Å². The number of anilines is 1. The number of fused-ring (bicyclic) bond motifs is 1. The third-order valence-electron chi connectivity index (χ3n) is 5.53. The van der Waals surface area contributed by atoms with Crippen LogP contribution in [0.4, 0.5) is 5.13 Å². The summed E-state index contributed by atoms with van der Waals surface area (Å²) in [5.41, 5.74) is 5.70. The first-order valence-electron chi connectivity index (χ1n) is 9.98. The fraction of sp³-hybridized carbons (Fsp3) is 0.391. The average Bonchev–Trinajstić information content (AvgIpc) is 3.12. The fourth-order valence-corrected chi connectivity index (χ4v) is 5.05. The SMILES string of the molecule is COc1ccc(CC(=O)N2CCN(c3nc4cc(C)cc(C)c4s3)CC2)cc1C. The Bertz CT molecular complexity index is 1050. The molecule has 2 heterocycles. The summed E-state index contributed by atoms with van der Waals surface area (Å²) in [6.45, 7) is 9.39. The highest BCUT2D eigenvalue weighted by Gasteiger charge is 2.23. The highest BCUT2D eigenvalue weighted by atomic mass is 32.1. The van der Waals surface area contributed by atoms with Gasteiger partial charge in [-0.1, -0.05) is 29.5 Å². The van der Waals surface area contributed by atoms with Crippen LogP contribution in [0.15, 0.2) is 30.3 Å². The number of amides is 1. The zero-order valence-electron chi connectivity index (χ0n) is 17.5. The van der Waals surface area contributed by atoms with Crippen LogP contribution in [0.1, 0.15) is 22.3 Å². The molecule has 152 valence electrons. The van der Waals surface area contributed by atoms with Crippen molar-refractivity contribution in [3.63, 3.8) is 0 Å². The van der Waals surface area contributed by atoms with Crippen LogP contribution in [0.3, 0.4) is 0 Å². The molecule has 3 aromatic rings. The van der Waals surface area contributed by atoms with E-state index < -0.39 is 0 Å². The Labute approximate surface area is 175 Å². The molecule has 0 unspecified atom stereocenters. The summed E-state index contributed by atoms with van der Waals surface area (Å²) in [5.74, 6) is 1.04. The number of hydrogen-bond donors (Lipinski definition) is 0. The van der Waals surface area contributed by atoms with Crippen LogP contribution >= 0.6 is 11.3 Å². The molecule has 1 aliphatic heterocycles. The first-order valence-corrected chi connectivity index (χ1v) is 10.8. The molecule has 0 N–H and O–H groups in total. The molecule has 1 aliphatic rings. The topological polar surface area (TPSA) is 45.7 Å². The molecule has 0 saturated carbocycles. The Morgan fingerprint density at radius 1 is 1.07 bits per heavy atom. The summed E-state index contributed by atoms with van der Waals surface area (Å²) in [6.07, 6.45) is 0.435. The maximum Gasteiger partial charge on any atom is 0.227 e. The minimum atomic E-state index is 0.185. The van der Waals surface area contributed by atoms with Crippen molar-refractivity contribution in [2.24, 2.45) is 0 Å². The van der Waals surface area contributed by atoms with Gasteiger partial charge in [-0.05, 0) is 55.2 Å². The maximum absolute atomic E-state index is 12.8. The fourth-order valence-electron chi connectivity index (χ4n) is 3.98. The number of benzene rings is 2. The van der Waals surface area contributed by atoms with Crippen LogP contribution in [-0.4, -0.2) is 49.1 Å². The monoisotopic (exact) mass is 409 g/mol. The van der Waals surface area contributed by atoms with Crippen molar-refractivity contribution in [1.82, 2.24) is 9.88 Å². The molecule has 0 radical (unpaired) electrons. The molecule has 0 aliphatic carbocycles. The molecular formula is C23H27N3O2S. The van der Waals surface area contributed by atoms with E-state index in [0.29, 0.717) is 6.42 Å². The summed E-state index contributed by atoms with van der Waals surface area (Å²) in [6, 6.07) is 10.3. The quantitative estimate of drug-likeness (QED) is 0.650. The van der Waals surface area contributed by atoms with E-state index in [0.717, 1.165) is 53.7 Å². The number of aryl methyl sites for hydroxylation is 3. The summed E-state index contributed by atoms with van der Waals surface area (Å²) in [4.78, 5) is 21.9. The highest BCUT2D eigenvalue weighted by Crippen LogP contribution is 2.32. The first kappa shape index (κ1) is 19.7. The molecule has 0 atom stereocenters. The number of carbonyl (C=O) groups excluding carboxylic acids is 1. The van der Waals surface area contributed by atoms with Crippen LogP contribution in [0.5, 0.6) is 5.75 Å². The number of piperazine rings is 1. The van der Waals surface area contributed by atoms with Crippen molar-refractivity contribution in [3.8, 4) is 5.75 Å². The second kappa shape index (κ2) is 8.03. The molecule has 1 amide bonds. The zero-order valence-corrected chi connectivity index (χ0v) is 18.3. The summed E-state index contributed by atoms with van der Waals surface area (Å²) >= 11 is 1.76. The number of carbonyl (C=O) groups is 1. The van der Waals surface area contributed by atoms with Crippen molar-refractivity contribution in [2.45, 2.75) is 27.2 Å². The van der Waals surface area contributed by atoms with E-state index in [2.05, 4.69) is 30.9 Å². The Morgan fingerprint density at radius 3 is 2.52 bits per heavy atom. The number of hydrogen-bond acceptors (Lipinski definition) is 5. The van der Waals surface area contributed by atoms with Gasteiger partial charge in [-0.25, -0.2) is 4.98 Å². The van der Waals surface area contributed by atoms with Gasteiger partial charge in [0, 0.05) is 26.2 Å². The highest BCUT2D eigenvalue weighted by molar-refractivity contribution is 7.22. The molecule has 1 fully saturated rings. The molecule has 29 heavy (non-hydrogen) atoms. The van der Waals surface area contributed by atoms with Gasteiger partial charge in [0.05, 0.1) is 23.7 Å². The number of rotatable bonds is 4. The van der Waals surface area contributed by atoms with Crippen molar-refractivity contribution in [3.05, 3.63) is 52.6 Å². The lowest BCUT2D eigenvalue weighted by Gasteiger charge is -2.34. The molecule has 1 aromatic heterocycles. The predicted octanol–water partition coefficient (Wildman–Crippen LogP) is 4.12. The van der Waals surface area contributed by atoms with Crippen molar-refractivity contribution in [2.75, 3.05) is 38.2 Å². The third-order valence-corrected chi connectivity index (χ3v) is 6.79. The van der Waals surface area contributed by atoms with Crippen molar-refractivity contribution >= 4 is 32.6 Å².